The molecule has 10 heteroatoms. The fourth-order valence-electron chi connectivity index (χ4n) is 0.848. The summed E-state index contributed by atoms with van der Waals surface area (Å²) in [5.74, 6) is 0. The summed E-state index contributed by atoms with van der Waals surface area (Å²) in [6, 6.07) is 0. The van der Waals surface area contributed by atoms with Crippen molar-refractivity contribution in [3.8, 4) is 0 Å². The van der Waals surface area contributed by atoms with E-state index in [9.17, 15) is 8.42 Å². The molecule has 0 spiro atoms. The molecule has 2 heterocycles. The van der Waals surface area contributed by atoms with Crippen LogP contribution in [0.1, 0.15) is 0 Å². The summed E-state index contributed by atoms with van der Waals surface area (Å²) < 4.78 is 23.2. The zero-order valence-electron chi connectivity index (χ0n) is 8.35. The maximum Gasteiger partial charge on any atom is 0.238 e. The van der Waals surface area contributed by atoms with E-state index in [-0.39, 0.29) is 4.21 Å². The lowest BCUT2D eigenvalue weighted by molar-refractivity contribution is 0.603. The van der Waals surface area contributed by atoms with E-state index in [1.54, 1.807) is 7.05 Å². The Hall–Kier alpha value is -1.00. The number of rotatable bonds is 3. The number of sulfone groups is 1. The van der Waals surface area contributed by atoms with Gasteiger partial charge in [-0.05, 0) is 17.0 Å². The van der Waals surface area contributed by atoms with Gasteiger partial charge in [0.05, 0.1) is 13.2 Å². The fraction of sp³-hybridized carbons (Fsp3) is 0.333. The summed E-state index contributed by atoms with van der Waals surface area (Å²) in [7, 11) is -1.53. The molecule has 0 fully saturated rings. The van der Waals surface area contributed by atoms with Gasteiger partial charge in [-0.1, -0.05) is 11.3 Å². The van der Waals surface area contributed by atoms with E-state index in [1.807, 2.05) is 0 Å². The van der Waals surface area contributed by atoms with Crippen molar-refractivity contribution in [3.05, 3.63) is 6.20 Å². The molecule has 0 N–H and O–H groups in total. The average molecular weight is 277 g/mol. The molecule has 7 nitrogen and oxygen atoms in total. The van der Waals surface area contributed by atoms with Crippen molar-refractivity contribution >= 4 is 32.9 Å². The number of hydrogen-bond donors (Lipinski definition) is 0. The summed E-state index contributed by atoms with van der Waals surface area (Å²) in [6.45, 7) is 0. The van der Waals surface area contributed by atoms with Gasteiger partial charge in [-0.25, -0.2) is 13.4 Å². The molecule has 0 saturated carbocycles. The SMILES string of the molecule is Cn1nnc(Sc2ncc(S(C)(=O)=O)s2)n1. The van der Waals surface area contributed by atoms with Crippen molar-refractivity contribution in [2.75, 3.05) is 6.26 Å². The van der Waals surface area contributed by atoms with E-state index in [0.717, 1.165) is 17.6 Å². The highest BCUT2D eigenvalue weighted by molar-refractivity contribution is 8.01. The average Bonchev–Trinajstić information content (AvgIpc) is 2.74. The Bertz CT molecular complexity index is 601. The van der Waals surface area contributed by atoms with Crippen LogP contribution in [0, 0.1) is 0 Å². The zero-order chi connectivity index (χ0) is 11.8. The van der Waals surface area contributed by atoms with Crippen LogP contribution in [0.25, 0.3) is 0 Å². The first-order valence-corrected chi connectivity index (χ1v) is 7.55. The predicted molar refractivity (Wildman–Crippen MR) is 58.1 cm³/mol. The monoisotopic (exact) mass is 277 g/mol. The van der Waals surface area contributed by atoms with Crippen molar-refractivity contribution in [1.82, 2.24) is 25.2 Å². The molecule has 0 saturated heterocycles. The number of aromatic nitrogens is 5. The molecule has 2 rings (SSSR count). The second-order valence-electron chi connectivity index (χ2n) is 2.88. The molecular weight excluding hydrogens is 270 g/mol. The van der Waals surface area contributed by atoms with Crippen LogP contribution in [0.3, 0.4) is 0 Å². The standard InChI is InChI=1S/C6H7N5O2S3/c1-11-9-5(8-10-11)15-6-7-3-4(14-6)16(2,12)13/h3H,1-2H3. The Morgan fingerprint density at radius 1 is 1.50 bits per heavy atom. The molecule has 0 aliphatic rings. The third-order valence-corrected chi connectivity index (χ3v) is 5.20. The molecule has 86 valence electrons. The maximum absolute atomic E-state index is 11.2. The molecule has 0 aliphatic heterocycles. The predicted octanol–water partition coefficient (Wildman–Crippen LogP) is 0.221. The molecule has 0 aliphatic carbocycles. The van der Waals surface area contributed by atoms with Gasteiger partial charge in [-0.2, -0.15) is 4.80 Å². The minimum absolute atomic E-state index is 0.235. The van der Waals surface area contributed by atoms with Gasteiger partial charge in [0, 0.05) is 6.26 Å². The highest BCUT2D eigenvalue weighted by Gasteiger charge is 2.14. The first-order chi connectivity index (χ1) is 7.45. The molecule has 0 radical (unpaired) electrons. The minimum atomic E-state index is -3.19. The Labute approximate surface area is 99.8 Å². The highest BCUT2D eigenvalue weighted by Crippen LogP contribution is 2.30. The van der Waals surface area contributed by atoms with Gasteiger partial charge in [0.25, 0.3) is 0 Å². The van der Waals surface area contributed by atoms with E-state index in [1.165, 1.54) is 22.8 Å². The molecule has 0 unspecified atom stereocenters. The quantitative estimate of drug-likeness (QED) is 0.792. The van der Waals surface area contributed by atoms with Gasteiger partial charge in [0.2, 0.25) is 5.16 Å². The molecule has 16 heavy (non-hydrogen) atoms. The van der Waals surface area contributed by atoms with Crippen LogP contribution in [0.15, 0.2) is 19.9 Å². The number of thiazole rings is 1. The second-order valence-corrected chi connectivity index (χ2v) is 7.37. The smallest absolute Gasteiger partial charge is 0.236 e. The van der Waals surface area contributed by atoms with Gasteiger partial charge in [-0.3, -0.25) is 0 Å². The van der Waals surface area contributed by atoms with Gasteiger partial charge in [0.15, 0.2) is 14.2 Å². The Kier molecular flexibility index (Phi) is 2.95. The second kappa shape index (κ2) is 4.11. The largest absolute Gasteiger partial charge is 0.238 e. The molecule has 2 aromatic heterocycles. The first kappa shape index (κ1) is 11.5. The van der Waals surface area contributed by atoms with Crippen LogP contribution in [0.5, 0.6) is 0 Å². The molecule has 2 aromatic rings. The van der Waals surface area contributed by atoms with E-state index in [0.29, 0.717) is 9.50 Å². The fourth-order valence-corrected chi connectivity index (χ4v) is 3.63. The summed E-state index contributed by atoms with van der Waals surface area (Å²) in [4.78, 5) is 5.30. The van der Waals surface area contributed by atoms with Crippen LogP contribution >= 0.6 is 23.1 Å². The number of aryl methyl sites for hydroxylation is 1. The third kappa shape index (κ3) is 2.57. The summed E-state index contributed by atoms with van der Waals surface area (Å²) >= 11 is 2.27. The van der Waals surface area contributed by atoms with Crippen molar-refractivity contribution in [2.45, 2.75) is 13.7 Å². The van der Waals surface area contributed by atoms with Gasteiger partial charge in [-0.15, -0.1) is 10.2 Å². The Morgan fingerprint density at radius 3 is 2.75 bits per heavy atom. The minimum Gasteiger partial charge on any atom is -0.236 e. The Balaban J connectivity index is 2.21. The van der Waals surface area contributed by atoms with Crippen molar-refractivity contribution in [1.29, 1.82) is 0 Å². The van der Waals surface area contributed by atoms with E-state index in [2.05, 4.69) is 20.4 Å². The summed E-state index contributed by atoms with van der Waals surface area (Å²) in [5, 5.41) is 11.8. The highest BCUT2D eigenvalue weighted by atomic mass is 32.2. The van der Waals surface area contributed by atoms with Crippen LogP contribution < -0.4 is 0 Å². The maximum atomic E-state index is 11.2. The van der Waals surface area contributed by atoms with Crippen LogP contribution in [-0.4, -0.2) is 39.9 Å². The normalized spacial score (nSPS) is 11.9. The first-order valence-electron chi connectivity index (χ1n) is 4.03. The lowest BCUT2D eigenvalue weighted by Crippen LogP contribution is -1.91. The lowest BCUT2D eigenvalue weighted by atomic mass is 11.0. The topological polar surface area (TPSA) is 90.6 Å². The number of tetrazole rings is 1. The van der Waals surface area contributed by atoms with Crippen LogP contribution in [-0.2, 0) is 16.9 Å². The van der Waals surface area contributed by atoms with Crippen molar-refractivity contribution < 1.29 is 8.42 Å². The van der Waals surface area contributed by atoms with Crippen LogP contribution in [0.2, 0.25) is 0 Å². The lowest BCUT2D eigenvalue weighted by Gasteiger charge is -1.88. The van der Waals surface area contributed by atoms with E-state index >= 15 is 0 Å². The van der Waals surface area contributed by atoms with Crippen molar-refractivity contribution in [2.24, 2.45) is 7.05 Å². The van der Waals surface area contributed by atoms with Gasteiger partial charge >= 0.3 is 0 Å². The van der Waals surface area contributed by atoms with E-state index in [4.69, 9.17) is 0 Å². The van der Waals surface area contributed by atoms with Gasteiger partial charge < -0.3 is 0 Å². The third-order valence-electron chi connectivity index (χ3n) is 1.50. The molecule has 0 bridgehead atoms. The van der Waals surface area contributed by atoms with Crippen LogP contribution in [0.4, 0.5) is 0 Å². The zero-order valence-corrected chi connectivity index (χ0v) is 10.8. The molecule has 0 aromatic carbocycles. The van der Waals surface area contributed by atoms with Gasteiger partial charge in [0.1, 0.15) is 4.21 Å². The molecular formula is C6H7N5O2S3. The number of nitrogens with zero attached hydrogens (tertiary/aromatic N) is 5. The summed E-state index contributed by atoms with van der Waals surface area (Å²) in [6.07, 6.45) is 2.48. The summed E-state index contributed by atoms with van der Waals surface area (Å²) in [5.41, 5.74) is 0. The number of hydrogen-bond acceptors (Lipinski definition) is 8. The molecule has 0 atom stereocenters. The van der Waals surface area contributed by atoms with Crippen molar-refractivity contribution in [3.63, 3.8) is 0 Å². The molecule has 0 amide bonds. The van der Waals surface area contributed by atoms with E-state index < -0.39 is 9.84 Å². The Morgan fingerprint density at radius 2 is 2.25 bits per heavy atom.